The summed E-state index contributed by atoms with van der Waals surface area (Å²) in [6.45, 7) is 4.70. The van der Waals surface area contributed by atoms with Crippen molar-refractivity contribution in [1.82, 2.24) is 5.32 Å². The van der Waals surface area contributed by atoms with Crippen molar-refractivity contribution in [3.05, 3.63) is 29.8 Å². The van der Waals surface area contributed by atoms with Crippen molar-refractivity contribution >= 4 is 21.6 Å². The quantitative estimate of drug-likeness (QED) is 0.521. The first-order valence-electron chi connectivity index (χ1n) is 9.90. The third-order valence-corrected chi connectivity index (χ3v) is 5.95. The number of hydrogen-bond donors (Lipinski definition) is 1. The summed E-state index contributed by atoms with van der Waals surface area (Å²) in [5.74, 6) is 0.231. The smallest absolute Gasteiger partial charge is 0.356 e. The van der Waals surface area contributed by atoms with Gasteiger partial charge in [-0.3, -0.25) is 9.10 Å². The molecule has 0 aliphatic rings. The van der Waals surface area contributed by atoms with Gasteiger partial charge in [-0.05, 0) is 37.0 Å². The van der Waals surface area contributed by atoms with Crippen LogP contribution in [-0.2, 0) is 21.0 Å². The molecular formula is C20H31F3N2O3S. The van der Waals surface area contributed by atoms with E-state index in [1.807, 2.05) is 0 Å². The third kappa shape index (κ3) is 9.06. The van der Waals surface area contributed by atoms with E-state index in [9.17, 15) is 26.4 Å². The predicted molar refractivity (Wildman–Crippen MR) is 109 cm³/mol. The fourth-order valence-corrected chi connectivity index (χ4v) is 3.95. The molecule has 1 N–H and O–H groups in total. The molecule has 0 spiro atoms. The van der Waals surface area contributed by atoms with Crippen molar-refractivity contribution in [3.8, 4) is 0 Å². The van der Waals surface area contributed by atoms with Crippen LogP contribution in [0.25, 0.3) is 0 Å². The van der Waals surface area contributed by atoms with Gasteiger partial charge in [0, 0.05) is 19.5 Å². The number of benzene rings is 1. The Balaban J connectivity index is 2.67. The number of hydrogen-bond acceptors (Lipinski definition) is 3. The molecule has 1 aromatic rings. The number of amides is 1. The molecule has 0 saturated carbocycles. The Hall–Kier alpha value is -1.77. The maximum absolute atomic E-state index is 12.9. The standard InChI is InChI=1S/C20H31F3N2O3S/c1-4-6-9-16(5-2)15-24-19(26)12-8-13-25(29(3,27)28)18-11-7-10-17(14-18)20(21,22)23/h7,10-11,14,16H,4-6,8-9,12-13,15H2,1-3H3,(H,24,26)/t16-/m0/s1. The van der Waals surface area contributed by atoms with E-state index in [-0.39, 0.29) is 31.0 Å². The molecular weight excluding hydrogens is 405 g/mol. The van der Waals surface area contributed by atoms with Gasteiger partial charge >= 0.3 is 6.18 Å². The topological polar surface area (TPSA) is 66.5 Å². The summed E-state index contributed by atoms with van der Waals surface area (Å²) in [4.78, 5) is 12.1. The first kappa shape index (κ1) is 25.3. The van der Waals surface area contributed by atoms with Crippen molar-refractivity contribution in [2.45, 2.75) is 58.5 Å². The first-order chi connectivity index (χ1) is 13.5. The molecule has 1 aromatic carbocycles. The molecule has 0 aliphatic carbocycles. The molecule has 0 aliphatic heterocycles. The zero-order valence-electron chi connectivity index (χ0n) is 17.3. The molecule has 0 saturated heterocycles. The molecule has 1 rings (SSSR count). The molecule has 29 heavy (non-hydrogen) atoms. The highest BCUT2D eigenvalue weighted by atomic mass is 32.2. The Labute approximate surface area is 171 Å². The van der Waals surface area contributed by atoms with E-state index in [4.69, 9.17) is 0 Å². The number of carbonyl (C=O) groups is 1. The zero-order chi connectivity index (χ0) is 22.1. The average Bonchev–Trinajstić information content (AvgIpc) is 2.63. The van der Waals surface area contributed by atoms with E-state index in [1.165, 1.54) is 12.1 Å². The Morgan fingerprint density at radius 2 is 1.90 bits per heavy atom. The van der Waals surface area contributed by atoms with Crippen LogP contribution in [0.3, 0.4) is 0 Å². The number of carbonyl (C=O) groups excluding carboxylic acids is 1. The average molecular weight is 437 g/mol. The van der Waals surface area contributed by atoms with Gasteiger partial charge in [0.05, 0.1) is 17.5 Å². The number of unbranched alkanes of at least 4 members (excludes halogenated alkanes) is 1. The number of nitrogens with one attached hydrogen (secondary N) is 1. The van der Waals surface area contributed by atoms with Crippen LogP contribution in [0.15, 0.2) is 24.3 Å². The van der Waals surface area contributed by atoms with Gasteiger partial charge in [0.15, 0.2) is 0 Å². The molecule has 1 amide bonds. The zero-order valence-corrected chi connectivity index (χ0v) is 18.1. The number of halogens is 3. The van der Waals surface area contributed by atoms with Gasteiger partial charge < -0.3 is 5.32 Å². The van der Waals surface area contributed by atoms with Crippen molar-refractivity contribution in [3.63, 3.8) is 0 Å². The van der Waals surface area contributed by atoms with E-state index in [2.05, 4.69) is 19.2 Å². The highest BCUT2D eigenvalue weighted by Crippen LogP contribution is 2.32. The molecule has 0 fully saturated rings. The summed E-state index contributed by atoms with van der Waals surface area (Å²) < 4.78 is 63.8. The maximum Gasteiger partial charge on any atom is 0.416 e. The SMILES string of the molecule is CCCC[C@H](CC)CNC(=O)CCCN(c1cccc(C(F)(F)F)c1)S(C)(=O)=O. The van der Waals surface area contributed by atoms with Crippen LogP contribution in [0.1, 0.15) is 57.9 Å². The van der Waals surface area contributed by atoms with E-state index in [0.717, 1.165) is 48.4 Å². The molecule has 0 bridgehead atoms. The number of anilines is 1. The highest BCUT2D eigenvalue weighted by Gasteiger charge is 2.31. The number of rotatable bonds is 12. The molecule has 0 unspecified atom stereocenters. The van der Waals surface area contributed by atoms with Crippen LogP contribution in [0.4, 0.5) is 18.9 Å². The fourth-order valence-electron chi connectivity index (χ4n) is 3.00. The minimum atomic E-state index is -4.56. The van der Waals surface area contributed by atoms with Crippen LogP contribution in [0.2, 0.25) is 0 Å². The lowest BCUT2D eigenvalue weighted by Gasteiger charge is -2.23. The molecule has 0 heterocycles. The van der Waals surface area contributed by atoms with E-state index in [0.29, 0.717) is 12.5 Å². The maximum atomic E-state index is 12.9. The lowest BCUT2D eigenvalue weighted by Crippen LogP contribution is -2.33. The Morgan fingerprint density at radius 3 is 2.45 bits per heavy atom. The number of nitrogens with zero attached hydrogens (tertiary/aromatic N) is 1. The normalized spacial score (nSPS) is 13.2. The van der Waals surface area contributed by atoms with Crippen LogP contribution in [0, 0.1) is 5.92 Å². The van der Waals surface area contributed by atoms with Crippen LogP contribution in [-0.4, -0.2) is 33.7 Å². The van der Waals surface area contributed by atoms with Crippen molar-refractivity contribution in [1.29, 1.82) is 0 Å². The predicted octanol–water partition coefficient (Wildman–Crippen LogP) is 4.58. The van der Waals surface area contributed by atoms with Crippen LogP contribution in [0.5, 0.6) is 0 Å². The first-order valence-corrected chi connectivity index (χ1v) is 11.8. The molecule has 1 atom stereocenters. The molecule has 9 heteroatoms. The number of sulfonamides is 1. The fraction of sp³-hybridized carbons (Fsp3) is 0.650. The summed E-state index contributed by atoms with van der Waals surface area (Å²) in [5.41, 5.74) is -0.979. The molecule has 0 aromatic heterocycles. The third-order valence-electron chi connectivity index (χ3n) is 4.76. The monoisotopic (exact) mass is 436 g/mol. The summed E-state index contributed by atoms with van der Waals surface area (Å²) in [7, 11) is -3.78. The second kappa shape index (κ2) is 11.4. The molecule has 166 valence electrons. The summed E-state index contributed by atoms with van der Waals surface area (Å²) in [5, 5.41) is 2.87. The Kier molecular flexibility index (Phi) is 9.95. The largest absolute Gasteiger partial charge is 0.416 e. The lowest BCUT2D eigenvalue weighted by atomic mass is 9.99. The van der Waals surface area contributed by atoms with Crippen LogP contribution < -0.4 is 9.62 Å². The summed E-state index contributed by atoms with van der Waals surface area (Å²) >= 11 is 0. The highest BCUT2D eigenvalue weighted by molar-refractivity contribution is 7.92. The van der Waals surface area contributed by atoms with Gasteiger partial charge in [-0.2, -0.15) is 13.2 Å². The minimum absolute atomic E-state index is 0.0617. The minimum Gasteiger partial charge on any atom is -0.356 e. The van der Waals surface area contributed by atoms with Crippen molar-refractivity contribution in [2.75, 3.05) is 23.7 Å². The number of alkyl halides is 3. The van der Waals surface area contributed by atoms with Crippen molar-refractivity contribution < 1.29 is 26.4 Å². The lowest BCUT2D eigenvalue weighted by molar-refractivity contribution is -0.137. The van der Waals surface area contributed by atoms with Crippen LogP contribution >= 0.6 is 0 Å². The van der Waals surface area contributed by atoms with Gasteiger partial charge in [0.25, 0.3) is 0 Å². The Morgan fingerprint density at radius 1 is 1.21 bits per heavy atom. The van der Waals surface area contributed by atoms with Gasteiger partial charge in [-0.25, -0.2) is 8.42 Å². The van der Waals surface area contributed by atoms with Gasteiger partial charge in [-0.1, -0.05) is 39.2 Å². The van der Waals surface area contributed by atoms with Gasteiger partial charge in [0.1, 0.15) is 0 Å². The summed E-state index contributed by atoms with van der Waals surface area (Å²) in [6, 6.07) is 4.18. The van der Waals surface area contributed by atoms with E-state index in [1.54, 1.807) is 0 Å². The Bertz CT molecular complexity index is 752. The second-order valence-corrected chi connectivity index (χ2v) is 9.11. The molecule has 0 radical (unpaired) electrons. The second-order valence-electron chi connectivity index (χ2n) is 7.21. The molecule has 5 nitrogen and oxygen atoms in total. The van der Waals surface area contributed by atoms with Gasteiger partial charge in [0.2, 0.25) is 15.9 Å². The van der Waals surface area contributed by atoms with Gasteiger partial charge in [-0.15, -0.1) is 0 Å². The summed E-state index contributed by atoms with van der Waals surface area (Å²) in [6.07, 6.45) is 0.911. The van der Waals surface area contributed by atoms with E-state index < -0.39 is 21.8 Å². The van der Waals surface area contributed by atoms with Crippen molar-refractivity contribution in [2.24, 2.45) is 5.92 Å². The van der Waals surface area contributed by atoms with E-state index >= 15 is 0 Å².